The van der Waals surface area contributed by atoms with E-state index in [0.717, 1.165) is 15.7 Å². The number of aryl methyl sites for hydroxylation is 1. The summed E-state index contributed by atoms with van der Waals surface area (Å²) in [7, 11) is 3.03. The minimum atomic E-state index is -0.597. The van der Waals surface area contributed by atoms with Gasteiger partial charge in [0.2, 0.25) is 0 Å². The van der Waals surface area contributed by atoms with Gasteiger partial charge in [0.1, 0.15) is 5.82 Å². The Morgan fingerprint density at radius 3 is 1.91 bits per heavy atom. The predicted molar refractivity (Wildman–Crippen MR) is 131 cm³/mol. The van der Waals surface area contributed by atoms with E-state index in [-0.39, 0.29) is 16.9 Å². The van der Waals surface area contributed by atoms with Gasteiger partial charge in [-0.2, -0.15) is 0 Å². The van der Waals surface area contributed by atoms with Crippen LogP contribution in [-0.4, -0.2) is 29.4 Å². The summed E-state index contributed by atoms with van der Waals surface area (Å²) >= 11 is 0. The average Bonchev–Trinajstić information content (AvgIpc) is 3.21. The Bertz CT molecular complexity index is 1390. The van der Waals surface area contributed by atoms with E-state index in [0.29, 0.717) is 25.5 Å². The van der Waals surface area contributed by atoms with Crippen LogP contribution in [0.15, 0.2) is 70.3 Å². The van der Waals surface area contributed by atoms with Crippen molar-refractivity contribution in [2.45, 2.75) is 39.5 Å². The molecule has 2 aromatic carbocycles. The molecule has 2 aromatic heterocycles. The van der Waals surface area contributed by atoms with Crippen LogP contribution in [0.1, 0.15) is 36.8 Å². The van der Waals surface area contributed by atoms with E-state index < -0.39 is 17.3 Å². The molecule has 0 fully saturated rings. The lowest BCUT2D eigenvalue weighted by Gasteiger charge is -2.24. The van der Waals surface area contributed by atoms with Crippen LogP contribution < -0.4 is 11.2 Å². The number of aromatic nitrogens is 4. The molecule has 0 N–H and O–H groups in total. The van der Waals surface area contributed by atoms with Crippen LogP contribution in [0.4, 0.5) is 0 Å². The molecule has 0 aliphatic rings. The van der Waals surface area contributed by atoms with Crippen molar-refractivity contribution < 1.29 is 4.79 Å². The van der Waals surface area contributed by atoms with Gasteiger partial charge in [-0.25, -0.2) is 9.78 Å². The average molecular weight is 460 g/mol. The summed E-state index contributed by atoms with van der Waals surface area (Å²) in [4.78, 5) is 45.0. The van der Waals surface area contributed by atoms with Gasteiger partial charge in [-0.1, -0.05) is 60.7 Å². The number of carbonyl (C=O) groups excluding carboxylic acids is 1. The van der Waals surface area contributed by atoms with E-state index in [4.69, 9.17) is 4.98 Å². The fourth-order valence-corrected chi connectivity index (χ4v) is 4.22. The van der Waals surface area contributed by atoms with Gasteiger partial charge in [0.05, 0.1) is 12.6 Å². The number of rotatable bonds is 8. The topological polar surface area (TPSA) is 82.1 Å². The zero-order valence-corrected chi connectivity index (χ0v) is 19.9. The monoisotopic (exact) mass is 459 g/mol. The van der Waals surface area contributed by atoms with Gasteiger partial charge in [0.15, 0.2) is 16.9 Å². The number of hydrogen-bond acceptors (Lipinski definition) is 5. The molecule has 8 nitrogen and oxygen atoms in total. The number of fused-ring (bicyclic) bond motifs is 1. The molecule has 4 rings (SSSR count). The third kappa shape index (κ3) is 4.49. The second-order valence-electron chi connectivity index (χ2n) is 8.68. The van der Waals surface area contributed by atoms with E-state index in [2.05, 4.69) is 29.2 Å². The maximum absolute atomic E-state index is 13.1. The summed E-state index contributed by atoms with van der Waals surface area (Å²) < 4.78 is 4.12. The summed E-state index contributed by atoms with van der Waals surface area (Å²) in [6.45, 7) is 4.97. The molecule has 4 aromatic rings. The lowest BCUT2D eigenvalue weighted by molar-refractivity contribution is -0.119. The molecule has 0 radical (unpaired) electrons. The number of carbonyl (C=O) groups is 1. The minimum Gasteiger partial charge on any atom is -0.311 e. The van der Waals surface area contributed by atoms with Gasteiger partial charge in [-0.15, -0.1) is 0 Å². The number of nitrogens with zero attached hydrogens (tertiary/aromatic N) is 5. The molecule has 176 valence electrons. The maximum atomic E-state index is 13.1. The van der Waals surface area contributed by atoms with Crippen LogP contribution in [0, 0.1) is 0 Å². The van der Waals surface area contributed by atoms with Gasteiger partial charge in [0, 0.05) is 27.2 Å². The van der Waals surface area contributed by atoms with Gasteiger partial charge >= 0.3 is 5.69 Å². The summed E-state index contributed by atoms with van der Waals surface area (Å²) in [5.41, 5.74) is 1.93. The summed E-state index contributed by atoms with van der Waals surface area (Å²) in [6.07, 6.45) is 0. The first-order valence-electron chi connectivity index (χ1n) is 11.3. The van der Waals surface area contributed by atoms with Gasteiger partial charge in [-0.3, -0.25) is 23.6 Å². The third-order valence-electron chi connectivity index (χ3n) is 6.20. The second kappa shape index (κ2) is 9.61. The first-order chi connectivity index (χ1) is 16.3. The van der Waals surface area contributed by atoms with Crippen molar-refractivity contribution in [2.24, 2.45) is 14.1 Å². The molecular weight excluding hydrogens is 430 g/mol. The van der Waals surface area contributed by atoms with Gasteiger partial charge in [0.25, 0.3) is 5.56 Å². The third-order valence-corrected chi connectivity index (χ3v) is 6.20. The van der Waals surface area contributed by atoms with Gasteiger partial charge in [-0.05, 0) is 25.0 Å². The molecule has 1 unspecified atom stereocenters. The number of ketones is 1. The van der Waals surface area contributed by atoms with E-state index in [1.54, 1.807) is 18.5 Å². The maximum Gasteiger partial charge on any atom is 0.332 e. The molecule has 0 spiro atoms. The molecule has 0 saturated heterocycles. The number of benzene rings is 2. The Morgan fingerprint density at radius 1 is 0.882 bits per heavy atom. The molecule has 0 bridgehead atoms. The van der Waals surface area contributed by atoms with E-state index in [1.165, 1.54) is 18.5 Å². The highest BCUT2D eigenvalue weighted by molar-refractivity contribution is 5.82. The Hall–Kier alpha value is -3.78. The Kier molecular flexibility index (Phi) is 6.61. The fraction of sp³-hybridized carbons (Fsp3) is 0.308. The van der Waals surface area contributed by atoms with Crippen molar-refractivity contribution in [3.05, 3.63) is 98.5 Å². The normalized spacial score (nSPS) is 12.4. The highest BCUT2D eigenvalue weighted by Crippen LogP contribution is 2.22. The lowest BCUT2D eigenvalue weighted by Crippen LogP contribution is -2.38. The van der Waals surface area contributed by atoms with Gasteiger partial charge < -0.3 is 4.57 Å². The van der Waals surface area contributed by atoms with E-state index in [9.17, 15) is 14.4 Å². The molecule has 8 heteroatoms. The SMILES string of the molecule is CC(=O)C(C)n1c(CN(Cc2ccccc2)Cc2ccccc2)nc2c1c(=O)n(C)c(=O)n2C. The van der Waals surface area contributed by atoms with E-state index >= 15 is 0 Å². The molecule has 34 heavy (non-hydrogen) atoms. The van der Waals surface area contributed by atoms with E-state index in [1.807, 2.05) is 36.4 Å². The lowest BCUT2D eigenvalue weighted by atomic mass is 10.1. The van der Waals surface area contributed by atoms with Crippen LogP contribution in [0.2, 0.25) is 0 Å². The molecule has 0 amide bonds. The molecular formula is C26H29N5O3. The van der Waals surface area contributed by atoms with Crippen LogP contribution in [0.3, 0.4) is 0 Å². The highest BCUT2D eigenvalue weighted by Gasteiger charge is 2.25. The summed E-state index contributed by atoms with van der Waals surface area (Å²) in [5.74, 6) is 0.483. The minimum absolute atomic E-state index is 0.0888. The van der Waals surface area contributed by atoms with Crippen LogP contribution in [-0.2, 0) is 38.5 Å². The van der Waals surface area contributed by atoms with Crippen molar-refractivity contribution in [1.82, 2.24) is 23.6 Å². The second-order valence-corrected chi connectivity index (χ2v) is 8.68. The molecule has 2 heterocycles. The number of Topliss-reactive ketones (excluding diaryl/α,β-unsaturated/α-hetero) is 1. The van der Waals surface area contributed by atoms with Crippen molar-refractivity contribution in [1.29, 1.82) is 0 Å². The van der Waals surface area contributed by atoms with Crippen molar-refractivity contribution >= 4 is 16.9 Å². The largest absolute Gasteiger partial charge is 0.332 e. The van der Waals surface area contributed by atoms with Crippen molar-refractivity contribution in [3.8, 4) is 0 Å². The first kappa shape index (κ1) is 23.4. The van der Waals surface area contributed by atoms with Crippen LogP contribution >= 0.6 is 0 Å². The first-order valence-corrected chi connectivity index (χ1v) is 11.3. The van der Waals surface area contributed by atoms with Crippen LogP contribution in [0.5, 0.6) is 0 Å². The molecule has 0 aliphatic carbocycles. The summed E-state index contributed by atoms with van der Waals surface area (Å²) in [5, 5.41) is 0. The zero-order chi connectivity index (χ0) is 24.4. The number of hydrogen-bond donors (Lipinski definition) is 0. The van der Waals surface area contributed by atoms with Crippen molar-refractivity contribution in [3.63, 3.8) is 0 Å². The Labute approximate surface area is 197 Å². The number of imidazole rings is 1. The smallest absolute Gasteiger partial charge is 0.311 e. The summed E-state index contributed by atoms with van der Waals surface area (Å²) in [6, 6.07) is 19.6. The highest BCUT2D eigenvalue weighted by atomic mass is 16.2. The standard InChI is InChI=1S/C26H29N5O3/c1-18(19(2)32)31-22(27-24-23(31)25(33)29(4)26(34)28(24)3)17-30(15-20-11-7-5-8-12-20)16-21-13-9-6-10-14-21/h5-14,18H,15-17H2,1-4H3. The predicted octanol–water partition coefficient (Wildman–Crippen LogP) is 2.79. The van der Waals surface area contributed by atoms with Crippen LogP contribution in [0.25, 0.3) is 11.2 Å². The zero-order valence-electron chi connectivity index (χ0n) is 19.9. The Balaban J connectivity index is 1.85. The Morgan fingerprint density at radius 2 is 1.41 bits per heavy atom. The quantitative estimate of drug-likeness (QED) is 0.405. The van der Waals surface area contributed by atoms with Crippen molar-refractivity contribution in [2.75, 3.05) is 0 Å². The molecule has 0 aliphatic heterocycles. The molecule has 1 atom stereocenters. The fourth-order valence-electron chi connectivity index (χ4n) is 4.22. The molecule has 0 saturated carbocycles.